The molecule has 0 fully saturated rings. The summed E-state index contributed by atoms with van der Waals surface area (Å²) in [5.74, 6) is 3.08. The molecule has 0 aliphatic carbocycles. The fourth-order valence-corrected chi connectivity index (χ4v) is 2.65. The third kappa shape index (κ3) is 5.22. The quantitative estimate of drug-likeness (QED) is 0.346. The molecule has 0 saturated heterocycles. The number of benzene rings is 1. The molecule has 2 heterocycles. The molecule has 0 saturated carbocycles. The van der Waals surface area contributed by atoms with Gasteiger partial charge in [0.1, 0.15) is 11.6 Å². The number of pyridine rings is 1. The summed E-state index contributed by atoms with van der Waals surface area (Å²) in [5, 5.41) is 10.9. The van der Waals surface area contributed by atoms with E-state index in [0.717, 1.165) is 29.0 Å². The molecule has 0 spiro atoms. The predicted molar refractivity (Wildman–Crippen MR) is 114 cm³/mol. The van der Waals surface area contributed by atoms with Gasteiger partial charge in [0.25, 0.3) is 0 Å². The van der Waals surface area contributed by atoms with Crippen LogP contribution in [-0.4, -0.2) is 36.1 Å². The van der Waals surface area contributed by atoms with Crippen molar-refractivity contribution in [2.24, 2.45) is 4.99 Å². The normalized spacial score (nSPS) is 12.2. The van der Waals surface area contributed by atoms with Crippen LogP contribution in [0.4, 0.5) is 5.82 Å². The summed E-state index contributed by atoms with van der Waals surface area (Å²) in [4.78, 5) is 13.1. The van der Waals surface area contributed by atoms with E-state index in [4.69, 9.17) is 4.42 Å². The summed E-state index contributed by atoms with van der Waals surface area (Å²) < 4.78 is 5.78. The van der Waals surface area contributed by atoms with Gasteiger partial charge in [0.2, 0.25) is 5.89 Å². The summed E-state index contributed by atoms with van der Waals surface area (Å²) in [5.41, 5.74) is 0.937. The molecule has 1 aromatic carbocycles. The number of nitrogens with zero attached hydrogens (tertiary/aromatic N) is 3. The average Bonchev–Trinajstić information content (AvgIpc) is 3.17. The molecule has 0 unspecified atom stereocenters. The van der Waals surface area contributed by atoms with Crippen LogP contribution in [0.2, 0.25) is 0 Å². The molecule has 0 bridgehead atoms. The molecule has 148 valence electrons. The molecule has 0 aliphatic heterocycles. The Balaban J connectivity index is 1.43. The van der Waals surface area contributed by atoms with Gasteiger partial charge in [-0.3, -0.25) is 4.99 Å². The van der Waals surface area contributed by atoms with E-state index in [2.05, 4.69) is 63.8 Å². The molecule has 7 nitrogen and oxygen atoms in total. The van der Waals surface area contributed by atoms with E-state index >= 15 is 0 Å². The SMILES string of the molecule is CN=C(NCCNc1ccc2ccccc2n1)NCc1ncc(C(C)(C)C)o1. The van der Waals surface area contributed by atoms with Gasteiger partial charge in [-0.2, -0.15) is 0 Å². The Hall–Kier alpha value is -3.09. The second kappa shape index (κ2) is 8.73. The number of hydrogen-bond donors (Lipinski definition) is 3. The van der Waals surface area contributed by atoms with Gasteiger partial charge in [0.15, 0.2) is 5.96 Å². The fourth-order valence-electron chi connectivity index (χ4n) is 2.65. The first-order valence-corrected chi connectivity index (χ1v) is 9.45. The van der Waals surface area contributed by atoms with Gasteiger partial charge < -0.3 is 20.4 Å². The molecular formula is C21H28N6O. The number of oxazole rings is 1. The van der Waals surface area contributed by atoms with Crippen molar-refractivity contribution in [2.45, 2.75) is 32.7 Å². The van der Waals surface area contributed by atoms with E-state index < -0.39 is 0 Å². The maximum Gasteiger partial charge on any atom is 0.213 e. The predicted octanol–water partition coefficient (Wildman–Crippen LogP) is 3.30. The highest BCUT2D eigenvalue weighted by atomic mass is 16.4. The van der Waals surface area contributed by atoms with Gasteiger partial charge in [-0.05, 0) is 18.2 Å². The first-order chi connectivity index (χ1) is 13.5. The van der Waals surface area contributed by atoms with Gasteiger partial charge >= 0.3 is 0 Å². The van der Waals surface area contributed by atoms with Crippen molar-refractivity contribution in [2.75, 3.05) is 25.5 Å². The summed E-state index contributed by atoms with van der Waals surface area (Å²) in [7, 11) is 1.74. The molecule has 3 N–H and O–H groups in total. The molecule has 3 aromatic rings. The highest BCUT2D eigenvalue weighted by Crippen LogP contribution is 2.22. The van der Waals surface area contributed by atoms with Crippen LogP contribution in [0.1, 0.15) is 32.4 Å². The number of aliphatic imine (C=N–C) groups is 1. The number of rotatable bonds is 6. The zero-order valence-corrected chi connectivity index (χ0v) is 16.9. The molecule has 0 atom stereocenters. The van der Waals surface area contributed by atoms with E-state index in [1.807, 2.05) is 24.3 Å². The van der Waals surface area contributed by atoms with E-state index in [9.17, 15) is 0 Å². The smallest absolute Gasteiger partial charge is 0.213 e. The molecule has 2 aromatic heterocycles. The number of guanidine groups is 1. The van der Waals surface area contributed by atoms with Gasteiger partial charge in [0.05, 0.1) is 18.3 Å². The topological polar surface area (TPSA) is 87.4 Å². The number of fused-ring (bicyclic) bond motifs is 1. The number of anilines is 1. The molecular weight excluding hydrogens is 352 g/mol. The Morgan fingerprint density at radius 3 is 2.64 bits per heavy atom. The van der Waals surface area contributed by atoms with Crippen LogP contribution in [-0.2, 0) is 12.0 Å². The highest BCUT2D eigenvalue weighted by molar-refractivity contribution is 5.80. The Labute approximate surface area is 165 Å². The van der Waals surface area contributed by atoms with Crippen LogP contribution in [0, 0.1) is 0 Å². The first kappa shape index (κ1) is 19.7. The minimum absolute atomic E-state index is 0.0480. The van der Waals surface area contributed by atoms with Crippen LogP contribution < -0.4 is 16.0 Å². The van der Waals surface area contributed by atoms with Crippen LogP contribution in [0.3, 0.4) is 0 Å². The summed E-state index contributed by atoms with van der Waals surface area (Å²) >= 11 is 0. The second-order valence-electron chi connectivity index (χ2n) is 7.54. The standard InChI is InChI=1S/C21H28N6O/c1-21(2,3)17-13-25-19(28-17)14-26-20(22-4)24-12-11-23-18-10-9-15-7-5-6-8-16(15)27-18/h5-10,13H,11-12,14H2,1-4H3,(H,23,27)(H2,22,24,26). The van der Waals surface area contributed by atoms with E-state index in [1.165, 1.54) is 0 Å². The van der Waals surface area contributed by atoms with Crippen molar-refractivity contribution in [1.29, 1.82) is 0 Å². The van der Waals surface area contributed by atoms with Crippen molar-refractivity contribution in [1.82, 2.24) is 20.6 Å². The fraction of sp³-hybridized carbons (Fsp3) is 0.381. The lowest BCUT2D eigenvalue weighted by molar-refractivity contribution is 0.379. The maximum absolute atomic E-state index is 5.78. The summed E-state index contributed by atoms with van der Waals surface area (Å²) in [6, 6.07) is 12.1. The monoisotopic (exact) mass is 380 g/mol. The molecule has 0 amide bonds. The lowest BCUT2D eigenvalue weighted by Gasteiger charge is -2.13. The number of hydrogen-bond acceptors (Lipinski definition) is 5. The Bertz CT molecular complexity index is 941. The van der Waals surface area contributed by atoms with Gasteiger partial charge in [0, 0.05) is 30.9 Å². The van der Waals surface area contributed by atoms with Crippen molar-refractivity contribution >= 4 is 22.7 Å². The van der Waals surface area contributed by atoms with Crippen molar-refractivity contribution in [3.8, 4) is 0 Å². The molecule has 7 heteroatoms. The van der Waals surface area contributed by atoms with Gasteiger partial charge in [-0.1, -0.05) is 39.0 Å². The van der Waals surface area contributed by atoms with Crippen molar-refractivity contribution in [3.63, 3.8) is 0 Å². The van der Waals surface area contributed by atoms with Crippen LogP contribution in [0.5, 0.6) is 0 Å². The molecule has 28 heavy (non-hydrogen) atoms. The first-order valence-electron chi connectivity index (χ1n) is 9.45. The van der Waals surface area contributed by atoms with Crippen LogP contribution >= 0.6 is 0 Å². The third-order valence-corrected chi connectivity index (χ3v) is 4.25. The lowest BCUT2D eigenvalue weighted by atomic mass is 9.94. The average molecular weight is 380 g/mol. The van der Waals surface area contributed by atoms with E-state index in [0.29, 0.717) is 24.9 Å². The van der Waals surface area contributed by atoms with Crippen LogP contribution in [0.15, 0.2) is 52.0 Å². The van der Waals surface area contributed by atoms with Gasteiger partial charge in [-0.15, -0.1) is 0 Å². The van der Waals surface area contributed by atoms with Crippen molar-refractivity contribution < 1.29 is 4.42 Å². The maximum atomic E-state index is 5.78. The summed E-state index contributed by atoms with van der Waals surface area (Å²) in [6.45, 7) is 8.20. The highest BCUT2D eigenvalue weighted by Gasteiger charge is 2.19. The summed E-state index contributed by atoms with van der Waals surface area (Å²) in [6.07, 6.45) is 1.79. The molecule has 3 rings (SSSR count). The largest absolute Gasteiger partial charge is 0.443 e. The second-order valence-corrected chi connectivity index (χ2v) is 7.54. The Morgan fingerprint density at radius 1 is 1.07 bits per heavy atom. The number of nitrogens with one attached hydrogen (secondary N) is 3. The Kier molecular flexibility index (Phi) is 6.13. The lowest BCUT2D eigenvalue weighted by Crippen LogP contribution is -2.39. The molecule has 0 radical (unpaired) electrons. The third-order valence-electron chi connectivity index (χ3n) is 4.25. The zero-order valence-electron chi connectivity index (χ0n) is 16.9. The van der Waals surface area contributed by atoms with Gasteiger partial charge in [-0.25, -0.2) is 9.97 Å². The number of aromatic nitrogens is 2. The molecule has 0 aliphatic rings. The van der Waals surface area contributed by atoms with E-state index in [1.54, 1.807) is 13.2 Å². The van der Waals surface area contributed by atoms with E-state index in [-0.39, 0.29) is 5.41 Å². The van der Waals surface area contributed by atoms with Crippen molar-refractivity contribution in [3.05, 3.63) is 54.2 Å². The number of para-hydroxylation sites is 1. The Morgan fingerprint density at radius 2 is 1.89 bits per heavy atom. The minimum Gasteiger partial charge on any atom is -0.443 e. The zero-order chi connectivity index (χ0) is 20.0. The van der Waals surface area contributed by atoms with Crippen LogP contribution in [0.25, 0.3) is 10.9 Å². The minimum atomic E-state index is -0.0480.